The van der Waals surface area contributed by atoms with E-state index in [-0.39, 0.29) is 90.0 Å². The normalized spacial score (nSPS) is 22.2. The summed E-state index contributed by atoms with van der Waals surface area (Å²) >= 11 is 6.02. The topological polar surface area (TPSA) is 520 Å². The van der Waals surface area contributed by atoms with Crippen molar-refractivity contribution < 1.29 is 67.7 Å². The lowest BCUT2D eigenvalue weighted by atomic mass is 10.00. The molecule has 90 heavy (non-hydrogen) atoms. The lowest BCUT2D eigenvalue weighted by Gasteiger charge is -2.29. The highest BCUT2D eigenvalue weighted by Crippen LogP contribution is 2.14. The fourth-order valence-corrected chi connectivity index (χ4v) is 9.58. The zero-order chi connectivity index (χ0) is 67.2. The molecular weight excluding hydrogens is 1190 g/mol. The summed E-state index contributed by atoms with van der Waals surface area (Å²) in [6, 6.07) is -1.63. The molecule has 2 aromatic rings. The summed E-state index contributed by atoms with van der Waals surface area (Å²) < 4.78 is 0. The number of aliphatic hydroxyl groups is 2. The van der Waals surface area contributed by atoms with Gasteiger partial charge in [-0.05, 0) is 121 Å². The van der Waals surface area contributed by atoms with Crippen molar-refractivity contribution in [3.63, 3.8) is 0 Å². The highest BCUT2D eigenvalue weighted by molar-refractivity contribution is 6.30. The number of nitrogens with two attached hydrogens (primary N) is 5. The summed E-state index contributed by atoms with van der Waals surface area (Å²) in [7, 11) is 0. The summed E-state index contributed by atoms with van der Waals surface area (Å²) in [5.74, 6) is -11.3. The number of amides is 12. The van der Waals surface area contributed by atoms with Crippen LogP contribution in [0.5, 0.6) is 0 Å². The van der Waals surface area contributed by atoms with Gasteiger partial charge in [0.05, 0.1) is 12.2 Å². The molecule has 0 radical (unpaired) electrons. The van der Waals surface area contributed by atoms with Crippen LogP contribution >= 0.6 is 11.6 Å². The van der Waals surface area contributed by atoms with Gasteiger partial charge in [-0.2, -0.15) is 0 Å². The average molecular weight is 1290 g/mol. The first kappa shape index (κ1) is 76.3. The van der Waals surface area contributed by atoms with Crippen LogP contribution in [0.2, 0.25) is 5.02 Å². The SMILES string of the molecule is CC(=O)N[C@H](Cc1ccc(Cl)cc1)C(=O)N[C@@H](CCN)C(=O)N[C@H](C(=O)N[C@@H](CCN)C(=O)N[C@H]1CCNC(=O)[C@H]([C@@H](C)O)NC(=O)[C@H](CCN)NC(=O)[C@H](CCN)NC(=O)[C@H](CC(C)C)NC(=O)[C@@H](Cc2ccccc2)NC(=O)[C@@H](CCN)NC1=O)[C@H](C)O. The van der Waals surface area contributed by atoms with E-state index in [1.54, 1.807) is 68.4 Å². The molecule has 1 saturated heterocycles. The van der Waals surface area contributed by atoms with Crippen LogP contribution in [-0.4, -0.2) is 199 Å². The third-order valence-corrected chi connectivity index (χ3v) is 14.5. The molecule has 12 amide bonds. The predicted molar refractivity (Wildman–Crippen MR) is 331 cm³/mol. The van der Waals surface area contributed by atoms with Crippen molar-refractivity contribution in [2.75, 3.05) is 39.3 Å². The van der Waals surface area contributed by atoms with Gasteiger partial charge < -0.3 is 103 Å². The largest absolute Gasteiger partial charge is 0.391 e. The fourth-order valence-electron chi connectivity index (χ4n) is 9.45. The Balaban J connectivity index is 2.08. The van der Waals surface area contributed by atoms with Crippen LogP contribution < -0.4 is 92.5 Å². The van der Waals surface area contributed by atoms with Gasteiger partial charge in [-0.25, -0.2) is 0 Å². The Kier molecular flexibility index (Phi) is 33.3. The van der Waals surface area contributed by atoms with E-state index in [9.17, 15) is 67.7 Å². The van der Waals surface area contributed by atoms with Gasteiger partial charge in [0, 0.05) is 31.3 Å². The predicted octanol–water partition coefficient (Wildman–Crippen LogP) is -6.45. The number of hydrogen-bond donors (Lipinski definition) is 19. The van der Waals surface area contributed by atoms with Gasteiger partial charge in [0.2, 0.25) is 70.9 Å². The molecule has 1 aliphatic rings. The van der Waals surface area contributed by atoms with E-state index in [4.69, 9.17) is 40.3 Å². The highest BCUT2D eigenvalue weighted by Gasteiger charge is 2.38. The average Bonchev–Trinajstić information content (AvgIpc) is 1.55. The van der Waals surface area contributed by atoms with Gasteiger partial charge in [0.15, 0.2) is 0 Å². The molecule has 24 N–H and O–H groups in total. The van der Waals surface area contributed by atoms with Crippen molar-refractivity contribution in [2.24, 2.45) is 34.6 Å². The first-order valence-electron chi connectivity index (χ1n) is 29.9. The van der Waals surface area contributed by atoms with Crippen LogP contribution in [0.1, 0.15) is 90.7 Å². The van der Waals surface area contributed by atoms with Crippen molar-refractivity contribution in [3.8, 4) is 0 Å². The van der Waals surface area contributed by atoms with E-state index in [0.717, 1.165) is 6.92 Å². The van der Waals surface area contributed by atoms with Crippen LogP contribution in [0, 0.1) is 5.92 Å². The second kappa shape index (κ2) is 39.3. The lowest BCUT2D eigenvalue weighted by Crippen LogP contribution is -2.62. The van der Waals surface area contributed by atoms with Crippen LogP contribution in [0.3, 0.4) is 0 Å². The van der Waals surface area contributed by atoms with Crippen LogP contribution in [0.25, 0.3) is 0 Å². The minimum absolute atomic E-state index is 0.0129. The molecule has 0 unspecified atom stereocenters. The smallest absolute Gasteiger partial charge is 0.245 e. The number of rotatable bonds is 27. The van der Waals surface area contributed by atoms with Crippen molar-refractivity contribution in [1.82, 2.24) is 63.8 Å². The van der Waals surface area contributed by atoms with Crippen molar-refractivity contribution >= 4 is 82.5 Å². The summed E-state index contributed by atoms with van der Waals surface area (Å²) in [6.07, 6.45) is -4.98. The summed E-state index contributed by atoms with van der Waals surface area (Å²) in [5, 5.41) is 52.5. The molecule has 1 aliphatic heterocycles. The summed E-state index contributed by atoms with van der Waals surface area (Å²) in [6.45, 7) is 5.65. The number of carbonyl (C=O) groups excluding carboxylic acids is 12. The first-order chi connectivity index (χ1) is 42.7. The van der Waals surface area contributed by atoms with E-state index >= 15 is 0 Å². The highest BCUT2D eigenvalue weighted by atomic mass is 35.5. The molecule has 0 saturated carbocycles. The van der Waals surface area contributed by atoms with Crippen molar-refractivity contribution in [3.05, 3.63) is 70.7 Å². The first-order valence-corrected chi connectivity index (χ1v) is 30.3. The zero-order valence-corrected chi connectivity index (χ0v) is 52.2. The molecule has 1 fully saturated rings. The Morgan fingerprint density at radius 1 is 0.533 bits per heavy atom. The van der Waals surface area contributed by atoms with E-state index in [2.05, 4.69) is 63.8 Å². The number of carbonyl (C=O) groups is 12. The lowest BCUT2D eigenvalue weighted by molar-refractivity contribution is -0.137. The van der Waals surface area contributed by atoms with Crippen LogP contribution in [0.4, 0.5) is 0 Å². The van der Waals surface area contributed by atoms with Crippen molar-refractivity contribution in [2.45, 2.75) is 171 Å². The minimum atomic E-state index is -1.82. The quantitative estimate of drug-likeness (QED) is 0.0395. The molecule has 500 valence electrons. The zero-order valence-electron chi connectivity index (χ0n) is 51.4. The number of aliphatic hydroxyl groups excluding tert-OH is 2. The van der Waals surface area contributed by atoms with Gasteiger partial charge in [-0.1, -0.05) is 67.9 Å². The standard InChI is InChI=1S/C58H92ClN17O14/c1-30(2)27-43-54(86)69-37(15-21-60)48(80)68-40(18-24-63)52(84)75-46(31(3)77)57(89)65-26-20-42(51(83)67-38(16-22-61)50(82)74-45(56(88)73-43)28-34-9-7-6-8-10-34)71-49(81)39(17-23-62)72-58(90)47(32(4)78)76-53(85)41(19-25-64)70-55(87)44(66-33(5)79)29-35-11-13-36(59)14-12-35/h6-14,30-32,37-47,77-78H,15-29,60-64H2,1-5H3,(H,65,89)(H,66,79)(H,67,83)(H,68,80)(H,69,86)(H,70,87)(H,71,81)(H,72,90)(H,73,88)(H,74,82)(H,75,84)(H,76,85)/t31-,32+,37+,38-,39+,40+,41+,42+,43+,44-,45-,46+,47+/m1/s1. The maximum absolute atomic E-state index is 14.6. The Bertz CT molecular complexity index is 2730. The van der Waals surface area contributed by atoms with Crippen LogP contribution in [0.15, 0.2) is 54.6 Å². The van der Waals surface area contributed by atoms with Gasteiger partial charge in [-0.15, -0.1) is 0 Å². The van der Waals surface area contributed by atoms with Crippen LogP contribution in [-0.2, 0) is 70.4 Å². The molecule has 13 atom stereocenters. The minimum Gasteiger partial charge on any atom is -0.391 e. The maximum atomic E-state index is 14.6. The van der Waals surface area contributed by atoms with Gasteiger partial charge >= 0.3 is 0 Å². The Labute approximate surface area is 527 Å². The number of hydrogen-bond acceptors (Lipinski definition) is 19. The molecule has 31 nitrogen and oxygen atoms in total. The van der Waals surface area contributed by atoms with Gasteiger partial charge in [-0.3, -0.25) is 57.5 Å². The van der Waals surface area contributed by atoms with Gasteiger partial charge in [0.1, 0.15) is 66.5 Å². The van der Waals surface area contributed by atoms with Gasteiger partial charge in [0.25, 0.3) is 0 Å². The molecule has 0 spiro atoms. The second-order valence-electron chi connectivity index (χ2n) is 22.3. The number of nitrogens with one attached hydrogen (secondary N) is 12. The molecular formula is C58H92ClN17O14. The molecule has 0 aliphatic carbocycles. The van der Waals surface area contributed by atoms with E-state index in [0.29, 0.717) is 16.1 Å². The van der Waals surface area contributed by atoms with E-state index < -0.39 is 163 Å². The molecule has 3 rings (SSSR count). The summed E-state index contributed by atoms with van der Waals surface area (Å²) in [5.41, 5.74) is 30.6. The third-order valence-electron chi connectivity index (χ3n) is 14.2. The molecule has 0 aromatic heterocycles. The maximum Gasteiger partial charge on any atom is 0.245 e. The van der Waals surface area contributed by atoms with Crippen molar-refractivity contribution in [1.29, 1.82) is 0 Å². The van der Waals surface area contributed by atoms with E-state index in [1.807, 2.05) is 0 Å². The fraction of sp³-hybridized carbons (Fsp3) is 0.586. The molecule has 2 aromatic carbocycles. The Hall–Kier alpha value is -7.91. The Morgan fingerprint density at radius 3 is 1.50 bits per heavy atom. The Morgan fingerprint density at radius 2 is 1.00 bits per heavy atom. The number of benzene rings is 2. The molecule has 1 heterocycles. The van der Waals surface area contributed by atoms with E-state index in [1.165, 1.54) is 13.8 Å². The number of halogens is 1. The molecule has 32 heteroatoms. The summed E-state index contributed by atoms with van der Waals surface area (Å²) in [4.78, 5) is 167. The molecule has 0 bridgehead atoms. The third kappa shape index (κ3) is 25.9. The second-order valence-corrected chi connectivity index (χ2v) is 22.7. The monoisotopic (exact) mass is 1290 g/mol.